The molecule has 0 aliphatic carbocycles. The van der Waals surface area contributed by atoms with Gasteiger partial charge in [0.05, 0.1) is 11.4 Å². The third-order valence-corrected chi connectivity index (χ3v) is 7.79. The number of anilines is 1. The summed E-state index contributed by atoms with van der Waals surface area (Å²) in [6, 6.07) is 7.07. The van der Waals surface area contributed by atoms with Gasteiger partial charge in [0, 0.05) is 30.2 Å². The van der Waals surface area contributed by atoms with Gasteiger partial charge in [-0.3, -0.25) is 9.69 Å². The van der Waals surface area contributed by atoms with Crippen molar-refractivity contribution in [1.82, 2.24) is 9.21 Å². The summed E-state index contributed by atoms with van der Waals surface area (Å²) in [4.78, 5) is 15.8. The molecule has 1 aromatic heterocycles. The normalized spacial score (nSPS) is 12.0. The quantitative estimate of drug-likeness (QED) is 0.671. The molecule has 0 bridgehead atoms. The van der Waals surface area contributed by atoms with E-state index in [0.717, 1.165) is 0 Å². The predicted octanol–water partition coefficient (Wildman–Crippen LogP) is 3.47. The molecule has 1 N–H and O–H groups in total. The molecule has 1 aromatic carbocycles. The second-order valence-electron chi connectivity index (χ2n) is 6.82. The lowest BCUT2D eigenvalue weighted by molar-refractivity contribution is -0.117. The van der Waals surface area contributed by atoms with Crippen molar-refractivity contribution in [3.63, 3.8) is 0 Å². The van der Waals surface area contributed by atoms with E-state index in [0.29, 0.717) is 30.9 Å². The lowest BCUT2D eigenvalue weighted by atomic mass is 10.2. The predicted molar refractivity (Wildman–Crippen MR) is 115 cm³/mol. The van der Waals surface area contributed by atoms with Crippen LogP contribution in [0.5, 0.6) is 0 Å². The van der Waals surface area contributed by atoms with Gasteiger partial charge in [0.15, 0.2) is 0 Å². The monoisotopic (exact) mass is 423 g/mol. The van der Waals surface area contributed by atoms with Crippen LogP contribution in [-0.4, -0.2) is 50.2 Å². The number of likely N-dealkylation sites (N-methyl/N-ethyl adjacent to an activating group) is 1. The van der Waals surface area contributed by atoms with Crippen LogP contribution in [0, 0.1) is 13.8 Å². The van der Waals surface area contributed by atoms with Gasteiger partial charge in [-0.25, -0.2) is 8.42 Å². The number of hydrogen-bond donors (Lipinski definition) is 1. The largest absolute Gasteiger partial charge is 0.325 e. The van der Waals surface area contributed by atoms with E-state index in [-0.39, 0.29) is 17.3 Å². The van der Waals surface area contributed by atoms with Crippen molar-refractivity contribution in [3.8, 4) is 0 Å². The molecule has 0 unspecified atom stereocenters. The van der Waals surface area contributed by atoms with Gasteiger partial charge in [0.1, 0.15) is 0 Å². The van der Waals surface area contributed by atoms with Gasteiger partial charge in [-0.05, 0) is 55.6 Å². The number of aryl methyl sites for hydroxylation is 2. The van der Waals surface area contributed by atoms with Crippen molar-refractivity contribution in [2.24, 2.45) is 0 Å². The zero-order chi connectivity index (χ0) is 20.9. The van der Waals surface area contributed by atoms with Crippen molar-refractivity contribution in [2.45, 2.75) is 39.1 Å². The molecule has 0 fully saturated rings. The maximum absolute atomic E-state index is 12.8. The summed E-state index contributed by atoms with van der Waals surface area (Å²) in [5, 5.41) is 4.87. The maximum atomic E-state index is 12.8. The summed E-state index contributed by atoms with van der Waals surface area (Å²) < 4.78 is 27.1. The Morgan fingerprint density at radius 3 is 2.36 bits per heavy atom. The topological polar surface area (TPSA) is 69.7 Å². The number of amides is 1. The Morgan fingerprint density at radius 2 is 1.79 bits per heavy atom. The van der Waals surface area contributed by atoms with Gasteiger partial charge >= 0.3 is 0 Å². The van der Waals surface area contributed by atoms with E-state index >= 15 is 0 Å². The molecule has 6 nitrogen and oxygen atoms in total. The molecule has 1 amide bonds. The average Bonchev–Trinajstić information content (AvgIpc) is 3.01. The van der Waals surface area contributed by atoms with Gasteiger partial charge in [-0.1, -0.05) is 19.9 Å². The van der Waals surface area contributed by atoms with Gasteiger partial charge < -0.3 is 5.32 Å². The third-order valence-electron chi connectivity index (χ3n) is 4.59. The Hall–Kier alpha value is -1.74. The number of sulfonamides is 1. The minimum atomic E-state index is -3.58. The number of carbonyl (C=O) groups excluding carboxylic acids is 1. The first-order valence-electron chi connectivity index (χ1n) is 9.31. The Labute approximate surface area is 172 Å². The van der Waals surface area contributed by atoms with Crippen molar-refractivity contribution in [2.75, 3.05) is 32.0 Å². The highest BCUT2D eigenvalue weighted by Gasteiger charge is 2.24. The van der Waals surface area contributed by atoms with E-state index in [9.17, 15) is 13.2 Å². The first kappa shape index (κ1) is 22.5. The Morgan fingerprint density at radius 1 is 1.11 bits per heavy atom. The van der Waals surface area contributed by atoms with Gasteiger partial charge in [-0.2, -0.15) is 4.31 Å². The Balaban J connectivity index is 2.10. The zero-order valence-electron chi connectivity index (χ0n) is 17.2. The molecule has 0 radical (unpaired) electrons. The molecular formula is C20H29N3O3S2. The van der Waals surface area contributed by atoms with Crippen LogP contribution in [-0.2, 0) is 21.4 Å². The molecule has 0 aliphatic rings. The minimum absolute atomic E-state index is 0.174. The van der Waals surface area contributed by atoms with E-state index in [4.69, 9.17) is 0 Å². The molecule has 2 aromatic rings. The number of benzene rings is 1. The highest BCUT2D eigenvalue weighted by molar-refractivity contribution is 7.89. The first-order chi connectivity index (χ1) is 13.2. The van der Waals surface area contributed by atoms with E-state index in [1.165, 1.54) is 14.7 Å². The molecule has 1 heterocycles. The van der Waals surface area contributed by atoms with Crippen LogP contribution in [0.3, 0.4) is 0 Å². The fourth-order valence-corrected chi connectivity index (χ4v) is 5.67. The van der Waals surface area contributed by atoms with Gasteiger partial charge in [-0.15, -0.1) is 11.3 Å². The van der Waals surface area contributed by atoms with Crippen LogP contribution < -0.4 is 5.32 Å². The SMILES string of the molecule is CCN(CC)S(=O)(=O)c1cc(NC(=O)CN(C)Cc2sccc2C)ccc1C. The number of hydrogen-bond acceptors (Lipinski definition) is 5. The fraction of sp³-hybridized carbons (Fsp3) is 0.450. The molecule has 0 saturated heterocycles. The van der Waals surface area contributed by atoms with Crippen molar-refractivity contribution < 1.29 is 13.2 Å². The molecule has 8 heteroatoms. The molecule has 2 rings (SSSR count). The third kappa shape index (κ3) is 5.41. The smallest absolute Gasteiger partial charge is 0.243 e. The van der Waals surface area contributed by atoms with Crippen LogP contribution in [0.2, 0.25) is 0 Å². The van der Waals surface area contributed by atoms with E-state index in [1.807, 2.05) is 31.2 Å². The molecule has 154 valence electrons. The van der Waals surface area contributed by atoms with Gasteiger partial charge in [0.25, 0.3) is 0 Å². The first-order valence-corrected chi connectivity index (χ1v) is 11.6. The molecule has 0 saturated carbocycles. The molecular weight excluding hydrogens is 394 g/mol. The van der Waals surface area contributed by atoms with Gasteiger partial charge in [0.2, 0.25) is 15.9 Å². The zero-order valence-corrected chi connectivity index (χ0v) is 18.8. The van der Waals surface area contributed by atoms with Crippen LogP contribution in [0.25, 0.3) is 0 Å². The summed E-state index contributed by atoms with van der Waals surface area (Å²) in [7, 11) is -1.69. The standard InChI is InChI=1S/C20H29N3O3S2/c1-6-23(7-2)28(25,26)19-12-17(9-8-16(19)4)21-20(24)14-22(5)13-18-15(3)10-11-27-18/h8-12H,6-7,13-14H2,1-5H3,(H,21,24). The highest BCUT2D eigenvalue weighted by atomic mass is 32.2. The summed E-state index contributed by atoms with van der Waals surface area (Å²) in [6.45, 7) is 9.18. The van der Waals surface area contributed by atoms with Crippen LogP contribution in [0.1, 0.15) is 29.9 Å². The lowest BCUT2D eigenvalue weighted by Crippen LogP contribution is -2.31. The van der Waals surface area contributed by atoms with Crippen molar-refractivity contribution in [3.05, 3.63) is 45.6 Å². The molecule has 0 spiro atoms. The summed E-state index contributed by atoms with van der Waals surface area (Å²) in [5.41, 5.74) is 2.37. The van der Waals surface area contributed by atoms with Crippen LogP contribution in [0.15, 0.2) is 34.5 Å². The second-order valence-corrected chi connectivity index (χ2v) is 9.72. The lowest BCUT2D eigenvalue weighted by Gasteiger charge is -2.20. The van der Waals surface area contributed by atoms with Crippen LogP contribution in [0.4, 0.5) is 5.69 Å². The molecule has 28 heavy (non-hydrogen) atoms. The average molecular weight is 424 g/mol. The van der Waals surface area contributed by atoms with E-state index in [2.05, 4.69) is 18.3 Å². The summed E-state index contributed by atoms with van der Waals surface area (Å²) >= 11 is 1.68. The fourth-order valence-electron chi connectivity index (χ4n) is 2.97. The maximum Gasteiger partial charge on any atom is 0.243 e. The highest BCUT2D eigenvalue weighted by Crippen LogP contribution is 2.24. The number of nitrogens with zero attached hydrogens (tertiary/aromatic N) is 2. The number of rotatable bonds is 9. The van der Waals surface area contributed by atoms with Crippen molar-refractivity contribution in [1.29, 1.82) is 0 Å². The Bertz CT molecular complexity index is 919. The summed E-state index contributed by atoms with van der Waals surface area (Å²) in [6.07, 6.45) is 0. The molecule has 0 aliphatic heterocycles. The number of thiophene rings is 1. The van der Waals surface area contributed by atoms with Crippen LogP contribution >= 0.6 is 11.3 Å². The van der Waals surface area contributed by atoms with E-state index in [1.54, 1.807) is 36.5 Å². The van der Waals surface area contributed by atoms with Crippen molar-refractivity contribution >= 4 is 33.0 Å². The number of nitrogens with one attached hydrogen (secondary N) is 1. The second kappa shape index (κ2) is 9.65. The molecule has 0 atom stereocenters. The van der Waals surface area contributed by atoms with E-state index < -0.39 is 10.0 Å². The summed E-state index contributed by atoms with van der Waals surface area (Å²) in [5.74, 6) is -0.174. The number of carbonyl (C=O) groups is 1. The minimum Gasteiger partial charge on any atom is -0.325 e. The Kier molecular flexibility index (Phi) is 7.77.